The summed E-state index contributed by atoms with van der Waals surface area (Å²) in [5, 5.41) is 6.41. The second-order valence-corrected chi connectivity index (χ2v) is 6.94. The highest BCUT2D eigenvalue weighted by molar-refractivity contribution is 6.36. The zero-order valence-corrected chi connectivity index (χ0v) is 15.5. The van der Waals surface area contributed by atoms with Gasteiger partial charge in [0.15, 0.2) is 0 Å². The predicted octanol–water partition coefficient (Wildman–Crippen LogP) is 4.05. The molecule has 0 saturated heterocycles. The van der Waals surface area contributed by atoms with E-state index in [1.54, 1.807) is 12.1 Å². The van der Waals surface area contributed by atoms with Crippen LogP contribution in [-0.4, -0.2) is 23.9 Å². The summed E-state index contributed by atoms with van der Waals surface area (Å²) in [6, 6.07) is 4.13. The monoisotopic (exact) mass is 358 g/mol. The van der Waals surface area contributed by atoms with Crippen molar-refractivity contribution in [3.8, 4) is 0 Å². The SMILES string of the molecule is CCC(C)NC(=O)C(CC(C)C)NC(=O)c1ccc(Cl)cc1Cl. The van der Waals surface area contributed by atoms with Gasteiger partial charge in [-0.2, -0.15) is 0 Å². The second-order valence-electron chi connectivity index (χ2n) is 6.10. The van der Waals surface area contributed by atoms with E-state index in [9.17, 15) is 9.59 Å². The molecule has 1 rings (SSSR count). The average molecular weight is 359 g/mol. The minimum Gasteiger partial charge on any atom is -0.352 e. The Balaban J connectivity index is 2.87. The normalized spacial score (nSPS) is 13.5. The molecule has 2 atom stereocenters. The summed E-state index contributed by atoms with van der Waals surface area (Å²) >= 11 is 11.9. The highest BCUT2D eigenvalue weighted by Crippen LogP contribution is 2.21. The number of hydrogen-bond acceptors (Lipinski definition) is 2. The summed E-state index contributed by atoms with van der Waals surface area (Å²) in [4.78, 5) is 24.8. The van der Waals surface area contributed by atoms with Gasteiger partial charge in [0.25, 0.3) is 5.91 Å². The van der Waals surface area contributed by atoms with Crippen LogP contribution in [0.3, 0.4) is 0 Å². The molecule has 2 unspecified atom stereocenters. The Morgan fingerprint density at radius 3 is 2.30 bits per heavy atom. The van der Waals surface area contributed by atoms with Crippen molar-refractivity contribution < 1.29 is 9.59 Å². The molecule has 0 saturated carbocycles. The van der Waals surface area contributed by atoms with Crippen LogP contribution >= 0.6 is 23.2 Å². The molecule has 0 spiro atoms. The Morgan fingerprint density at radius 1 is 1.13 bits per heavy atom. The molecule has 6 heteroatoms. The molecule has 128 valence electrons. The minimum atomic E-state index is -0.594. The number of amides is 2. The maximum atomic E-state index is 12.4. The molecule has 1 aromatic carbocycles. The lowest BCUT2D eigenvalue weighted by Crippen LogP contribution is -2.49. The molecule has 0 heterocycles. The Labute approximate surface area is 147 Å². The van der Waals surface area contributed by atoms with Gasteiger partial charge in [-0.05, 0) is 43.9 Å². The van der Waals surface area contributed by atoms with E-state index >= 15 is 0 Å². The maximum Gasteiger partial charge on any atom is 0.253 e. The van der Waals surface area contributed by atoms with E-state index in [4.69, 9.17) is 23.2 Å². The second kappa shape index (κ2) is 9.14. The molecule has 0 aliphatic carbocycles. The van der Waals surface area contributed by atoms with Gasteiger partial charge in [0.05, 0.1) is 10.6 Å². The number of benzene rings is 1. The summed E-state index contributed by atoms with van der Waals surface area (Å²) in [6.45, 7) is 7.94. The number of carbonyl (C=O) groups is 2. The highest BCUT2D eigenvalue weighted by atomic mass is 35.5. The lowest BCUT2D eigenvalue weighted by Gasteiger charge is -2.22. The third kappa shape index (κ3) is 6.40. The number of rotatable bonds is 7. The Hall–Kier alpha value is -1.26. The van der Waals surface area contributed by atoms with Gasteiger partial charge in [0.2, 0.25) is 5.91 Å². The van der Waals surface area contributed by atoms with Gasteiger partial charge in [0.1, 0.15) is 6.04 Å². The fraction of sp³-hybridized carbons (Fsp3) is 0.529. The van der Waals surface area contributed by atoms with Crippen LogP contribution in [0.15, 0.2) is 18.2 Å². The van der Waals surface area contributed by atoms with Crippen LogP contribution in [-0.2, 0) is 4.79 Å². The van der Waals surface area contributed by atoms with Gasteiger partial charge < -0.3 is 10.6 Å². The van der Waals surface area contributed by atoms with Crippen molar-refractivity contribution in [1.29, 1.82) is 0 Å². The van der Waals surface area contributed by atoms with Gasteiger partial charge >= 0.3 is 0 Å². The van der Waals surface area contributed by atoms with Gasteiger partial charge in [-0.15, -0.1) is 0 Å². The zero-order valence-electron chi connectivity index (χ0n) is 14.0. The first-order valence-electron chi connectivity index (χ1n) is 7.80. The highest BCUT2D eigenvalue weighted by Gasteiger charge is 2.24. The molecule has 1 aromatic rings. The van der Waals surface area contributed by atoms with E-state index in [0.717, 1.165) is 6.42 Å². The first-order chi connectivity index (χ1) is 10.7. The summed E-state index contributed by atoms with van der Waals surface area (Å²) < 4.78 is 0. The summed E-state index contributed by atoms with van der Waals surface area (Å²) in [6.07, 6.45) is 1.39. The summed E-state index contributed by atoms with van der Waals surface area (Å²) in [5.41, 5.74) is 0.307. The van der Waals surface area contributed by atoms with Crippen LogP contribution < -0.4 is 10.6 Å². The third-order valence-corrected chi connectivity index (χ3v) is 4.05. The van der Waals surface area contributed by atoms with E-state index in [1.165, 1.54) is 6.07 Å². The topological polar surface area (TPSA) is 58.2 Å². The Kier molecular flexibility index (Phi) is 7.86. The van der Waals surface area contributed by atoms with Crippen LogP contribution in [0, 0.1) is 5.92 Å². The van der Waals surface area contributed by atoms with Crippen molar-refractivity contribution >= 4 is 35.0 Å². The molecular weight excluding hydrogens is 335 g/mol. The quantitative estimate of drug-likeness (QED) is 0.772. The minimum absolute atomic E-state index is 0.0631. The van der Waals surface area contributed by atoms with Crippen molar-refractivity contribution in [3.63, 3.8) is 0 Å². The van der Waals surface area contributed by atoms with E-state index in [0.29, 0.717) is 17.0 Å². The average Bonchev–Trinajstić information content (AvgIpc) is 2.45. The zero-order chi connectivity index (χ0) is 17.6. The summed E-state index contributed by atoms with van der Waals surface area (Å²) in [7, 11) is 0. The molecule has 0 fully saturated rings. The van der Waals surface area contributed by atoms with E-state index < -0.39 is 6.04 Å². The van der Waals surface area contributed by atoms with Crippen molar-refractivity contribution in [2.75, 3.05) is 0 Å². The molecule has 4 nitrogen and oxygen atoms in total. The van der Waals surface area contributed by atoms with Crippen molar-refractivity contribution in [2.24, 2.45) is 5.92 Å². The van der Waals surface area contributed by atoms with Gasteiger partial charge in [0, 0.05) is 11.1 Å². The van der Waals surface area contributed by atoms with Crippen molar-refractivity contribution in [1.82, 2.24) is 10.6 Å². The smallest absolute Gasteiger partial charge is 0.253 e. The predicted molar refractivity (Wildman–Crippen MR) is 95.1 cm³/mol. The maximum absolute atomic E-state index is 12.4. The van der Waals surface area contributed by atoms with Crippen LogP contribution in [0.25, 0.3) is 0 Å². The number of nitrogens with one attached hydrogen (secondary N) is 2. The first-order valence-corrected chi connectivity index (χ1v) is 8.56. The number of hydrogen-bond donors (Lipinski definition) is 2. The van der Waals surface area contributed by atoms with Crippen LogP contribution in [0.4, 0.5) is 0 Å². The largest absolute Gasteiger partial charge is 0.352 e. The molecule has 23 heavy (non-hydrogen) atoms. The third-order valence-electron chi connectivity index (χ3n) is 3.51. The Morgan fingerprint density at radius 2 is 1.78 bits per heavy atom. The Bertz CT molecular complexity index is 562. The lowest BCUT2D eigenvalue weighted by molar-refractivity contribution is -0.124. The van der Waals surface area contributed by atoms with E-state index in [1.807, 2.05) is 27.7 Å². The van der Waals surface area contributed by atoms with Crippen LogP contribution in [0.1, 0.15) is 50.9 Å². The molecule has 2 N–H and O–H groups in total. The standard InChI is InChI=1S/C17H24Cl2N2O2/c1-5-11(4)20-17(23)15(8-10(2)3)21-16(22)13-7-6-12(18)9-14(13)19/h6-7,9-11,15H,5,8H2,1-4H3,(H,20,23)(H,21,22). The molecule has 0 bridgehead atoms. The molecule has 0 radical (unpaired) electrons. The van der Waals surface area contributed by atoms with Crippen molar-refractivity contribution in [2.45, 2.75) is 52.6 Å². The lowest BCUT2D eigenvalue weighted by atomic mass is 10.0. The number of halogens is 2. The van der Waals surface area contributed by atoms with E-state index in [-0.39, 0.29) is 28.8 Å². The first kappa shape index (κ1) is 19.8. The molecule has 0 aliphatic heterocycles. The van der Waals surface area contributed by atoms with Gasteiger partial charge in [-0.1, -0.05) is 44.0 Å². The summed E-state index contributed by atoms with van der Waals surface area (Å²) in [5.74, 6) is -0.285. The van der Waals surface area contributed by atoms with Gasteiger partial charge in [-0.3, -0.25) is 9.59 Å². The number of carbonyl (C=O) groups excluding carboxylic acids is 2. The van der Waals surface area contributed by atoms with E-state index in [2.05, 4.69) is 10.6 Å². The van der Waals surface area contributed by atoms with Crippen molar-refractivity contribution in [3.05, 3.63) is 33.8 Å². The fourth-order valence-electron chi connectivity index (χ4n) is 2.06. The van der Waals surface area contributed by atoms with Gasteiger partial charge in [-0.25, -0.2) is 0 Å². The fourth-order valence-corrected chi connectivity index (χ4v) is 2.55. The van der Waals surface area contributed by atoms with Crippen LogP contribution in [0.5, 0.6) is 0 Å². The molecule has 0 aromatic heterocycles. The molecule has 0 aliphatic rings. The molecule has 2 amide bonds. The molecular formula is C17H24Cl2N2O2. The van der Waals surface area contributed by atoms with Crippen LogP contribution in [0.2, 0.25) is 10.0 Å².